The van der Waals surface area contributed by atoms with Gasteiger partial charge in [0.1, 0.15) is 11.8 Å². The fourth-order valence-corrected chi connectivity index (χ4v) is 4.09. The van der Waals surface area contributed by atoms with E-state index in [1.807, 2.05) is 45.2 Å². The lowest BCUT2D eigenvalue weighted by atomic mass is 10.0. The number of nitrogens with zero attached hydrogens (tertiary/aromatic N) is 1. The zero-order valence-corrected chi connectivity index (χ0v) is 15.0. The number of halogens is 2. The van der Waals surface area contributed by atoms with E-state index >= 15 is 0 Å². The summed E-state index contributed by atoms with van der Waals surface area (Å²) in [5.41, 5.74) is 0.654. The van der Waals surface area contributed by atoms with Crippen LogP contribution in [-0.2, 0) is 20.8 Å². The Morgan fingerprint density at radius 2 is 1.67 bits per heavy atom. The summed E-state index contributed by atoms with van der Waals surface area (Å²) < 4.78 is 1.19. The topological polar surface area (TPSA) is 94.9 Å². The standard InChI is InChI=1S/C13H11I2NO5/c14-7-3-6(4-8(15)12(7)19)5-9(13(20)21)16-10(17)1-2-11(16)18/h3-4,9,19H,1-2,5H2,(H,20,21). The van der Waals surface area contributed by atoms with Gasteiger partial charge in [-0.05, 0) is 62.9 Å². The molecule has 8 heteroatoms. The van der Waals surface area contributed by atoms with E-state index < -0.39 is 23.8 Å². The number of carbonyl (C=O) groups excluding carboxylic acids is 2. The average Bonchev–Trinajstić information content (AvgIpc) is 2.72. The molecule has 1 fully saturated rings. The van der Waals surface area contributed by atoms with Crippen molar-refractivity contribution in [3.63, 3.8) is 0 Å². The minimum absolute atomic E-state index is 0.0269. The molecule has 0 bridgehead atoms. The van der Waals surface area contributed by atoms with Crippen molar-refractivity contribution in [2.45, 2.75) is 25.3 Å². The number of carboxylic acid groups (broad SMARTS) is 1. The third kappa shape index (κ3) is 3.47. The van der Waals surface area contributed by atoms with Crippen LogP contribution in [0.2, 0.25) is 0 Å². The molecule has 0 saturated carbocycles. The van der Waals surface area contributed by atoms with E-state index in [4.69, 9.17) is 0 Å². The number of carboxylic acids is 1. The number of likely N-dealkylation sites (tertiary alicyclic amines) is 1. The van der Waals surface area contributed by atoms with Crippen LogP contribution < -0.4 is 0 Å². The first-order chi connectivity index (χ1) is 9.81. The Balaban J connectivity index is 2.31. The maximum Gasteiger partial charge on any atom is 0.327 e. The Morgan fingerprint density at radius 1 is 1.19 bits per heavy atom. The SMILES string of the molecule is O=C(O)C(Cc1cc(I)c(O)c(I)c1)N1C(=O)CCC1=O. The first-order valence-corrected chi connectivity index (χ1v) is 8.21. The predicted octanol–water partition coefficient (Wildman–Crippen LogP) is 1.75. The number of rotatable bonds is 4. The molecule has 1 unspecified atom stereocenters. The molecule has 0 aliphatic carbocycles. The van der Waals surface area contributed by atoms with Crippen LogP contribution in [0.25, 0.3) is 0 Å². The monoisotopic (exact) mass is 515 g/mol. The summed E-state index contributed by atoms with van der Waals surface area (Å²) in [7, 11) is 0. The lowest BCUT2D eigenvalue weighted by Crippen LogP contribution is -2.45. The van der Waals surface area contributed by atoms with Crippen LogP contribution in [0, 0.1) is 7.14 Å². The highest BCUT2D eigenvalue weighted by Gasteiger charge is 2.38. The summed E-state index contributed by atoms with van der Waals surface area (Å²) in [6.07, 6.45) is 0.152. The first kappa shape index (κ1) is 16.5. The Bertz CT molecular complexity index is 592. The Labute approximate surface area is 147 Å². The highest BCUT2D eigenvalue weighted by atomic mass is 127. The molecule has 1 saturated heterocycles. The van der Waals surface area contributed by atoms with Gasteiger partial charge in [0, 0.05) is 19.3 Å². The Kier molecular flexibility index (Phi) is 5.07. The second-order valence-electron chi connectivity index (χ2n) is 4.62. The van der Waals surface area contributed by atoms with Crippen molar-refractivity contribution >= 4 is 63.0 Å². The molecule has 2 amide bonds. The van der Waals surface area contributed by atoms with Crippen molar-refractivity contribution in [1.82, 2.24) is 4.90 Å². The van der Waals surface area contributed by atoms with E-state index in [1.165, 1.54) is 0 Å². The molecule has 1 aliphatic rings. The molecule has 1 atom stereocenters. The third-order valence-electron chi connectivity index (χ3n) is 3.19. The number of phenols is 1. The normalized spacial score (nSPS) is 16.4. The summed E-state index contributed by atoms with van der Waals surface area (Å²) in [6, 6.07) is 2.10. The van der Waals surface area contributed by atoms with Gasteiger partial charge in [0.2, 0.25) is 11.8 Å². The molecule has 6 nitrogen and oxygen atoms in total. The molecule has 1 aromatic carbocycles. The highest BCUT2D eigenvalue weighted by molar-refractivity contribution is 14.1. The minimum atomic E-state index is -1.21. The predicted molar refractivity (Wildman–Crippen MR) is 89.8 cm³/mol. The number of carbonyl (C=O) groups is 3. The van der Waals surface area contributed by atoms with Gasteiger partial charge in [-0.3, -0.25) is 14.5 Å². The molecule has 1 heterocycles. The lowest BCUT2D eigenvalue weighted by molar-refractivity contribution is -0.154. The fourth-order valence-electron chi connectivity index (χ4n) is 2.19. The number of aliphatic carboxylic acids is 1. The summed E-state index contributed by atoms with van der Waals surface area (Å²) in [4.78, 5) is 35.7. The second-order valence-corrected chi connectivity index (χ2v) is 6.95. The van der Waals surface area contributed by atoms with Gasteiger partial charge in [-0.1, -0.05) is 0 Å². The Morgan fingerprint density at radius 3 is 2.10 bits per heavy atom. The van der Waals surface area contributed by atoms with E-state index in [9.17, 15) is 24.6 Å². The van der Waals surface area contributed by atoms with Crippen molar-refractivity contribution in [2.24, 2.45) is 0 Å². The molecule has 0 aromatic heterocycles. The van der Waals surface area contributed by atoms with Crippen molar-refractivity contribution in [3.8, 4) is 5.75 Å². The molecular formula is C13H11I2NO5. The number of amides is 2. The van der Waals surface area contributed by atoms with E-state index in [-0.39, 0.29) is 25.0 Å². The fraction of sp³-hybridized carbons (Fsp3) is 0.308. The first-order valence-electron chi connectivity index (χ1n) is 6.06. The molecule has 2 N–H and O–H groups in total. The highest BCUT2D eigenvalue weighted by Crippen LogP contribution is 2.28. The largest absolute Gasteiger partial charge is 0.506 e. The van der Waals surface area contributed by atoms with Crippen molar-refractivity contribution in [3.05, 3.63) is 24.8 Å². The van der Waals surface area contributed by atoms with Gasteiger partial charge < -0.3 is 10.2 Å². The third-order valence-corrected chi connectivity index (χ3v) is 4.84. The molecular weight excluding hydrogens is 504 g/mol. The lowest BCUT2D eigenvalue weighted by Gasteiger charge is -2.22. The molecule has 21 heavy (non-hydrogen) atoms. The summed E-state index contributed by atoms with van der Waals surface area (Å²) in [6.45, 7) is 0. The van der Waals surface area contributed by atoms with E-state index in [2.05, 4.69) is 0 Å². The van der Waals surface area contributed by atoms with Crippen LogP contribution in [0.4, 0.5) is 0 Å². The van der Waals surface area contributed by atoms with Gasteiger partial charge in [-0.2, -0.15) is 0 Å². The van der Waals surface area contributed by atoms with Crippen LogP contribution in [0.15, 0.2) is 12.1 Å². The zero-order valence-electron chi connectivity index (χ0n) is 10.7. The maximum absolute atomic E-state index is 11.7. The molecule has 0 radical (unpaired) electrons. The van der Waals surface area contributed by atoms with Gasteiger partial charge >= 0.3 is 5.97 Å². The second kappa shape index (κ2) is 6.46. The van der Waals surface area contributed by atoms with Gasteiger partial charge in [0.05, 0.1) is 7.14 Å². The summed E-state index contributed by atoms with van der Waals surface area (Å²) in [5.74, 6) is -1.97. The van der Waals surface area contributed by atoms with Crippen molar-refractivity contribution < 1.29 is 24.6 Å². The molecule has 2 rings (SSSR count). The quantitative estimate of drug-likeness (QED) is 0.471. The van der Waals surface area contributed by atoms with Crippen LogP contribution in [0.5, 0.6) is 5.75 Å². The number of aromatic hydroxyl groups is 1. The molecule has 0 spiro atoms. The van der Waals surface area contributed by atoms with Gasteiger partial charge in [0.25, 0.3) is 0 Å². The summed E-state index contributed by atoms with van der Waals surface area (Å²) in [5, 5.41) is 19.0. The average molecular weight is 515 g/mol. The molecule has 1 aromatic rings. The van der Waals surface area contributed by atoms with E-state index in [0.717, 1.165) is 4.90 Å². The maximum atomic E-state index is 11.7. The molecule has 1 aliphatic heterocycles. The zero-order chi connectivity index (χ0) is 15.7. The smallest absolute Gasteiger partial charge is 0.327 e. The number of hydrogen-bond acceptors (Lipinski definition) is 4. The van der Waals surface area contributed by atoms with Crippen LogP contribution in [0.1, 0.15) is 18.4 Å². The number of benzene rings is 1. The van der Waals surface area contributed by atoms with Crippen LogP contribution in [0.3, 0.4) is 0 Å². The number of imide groups is 1. The summed E-state index contributed by atoms with van der Waals surface area (Å²) >= 11 is 3.89. The number of phenolic OH excluding ortho intramolecular Hbond substituents is 1. The van der Waals surface area contributed by atoms with E-state index in [0.29, 0.717) is 12.7 Å². The van der Waals surface area contributed by atoms with Crippen LogP contribution >= 0.6 is 45.2 Å². The molecule has 112 valence electrons. The van der Waals surface area contributed by atoms with Gasteiger partial charge in [-0.15, -0.1) is 0 Å². The van der Waals surface area contributed by atoms with Crippen LogP contribution in [-0.4, -0.2) is 38.9 Å². The van der Waals surface area contributed by atoms with Crippen molar-refractivity contribution in [1.29, 1.82) is 0 Å². The minimum Gasteiger partial charge on any atom is -0.506 e. The van der Waals surface area contributed by atoms with Gasteiger partial charge in [0.15, 0.2) is 0 Å². The van der Waals surface area contributed by atoms with Gasteiger partial charge in [-0.25, -0.2) is 4.79 Å². The number of hydrogen-bond donors (Lipinski definition) is 2. The van der Waals surface area contributed by atoms with Crippen molar-refractivity contribution in [2.75, 3.05) is 0 Å². The Hall–Kier alpha value is -0.910. The van der Waals surface area contributed by atoms with E-state index in [1.54, 1.807) is 12.1 Å².